The second kappa shape index (κ2) is 9.86. The number of anilines is 1. The summed E-state index contributed by atoms with van der Waals surface area (Å²) in [5, 5.41) is 0.435. The number of fused-ring (bicyclic) bond motifs is 1. The average Bonchev–Trinajstić information content (AvgIpc) is 3.00. The van der Waals surface area contributed by atoms with Gasteiger partial charge in [0.1, 0.15) is 11.5 Å². The molecule has 32 heavy (non-hydrogen) atoms. The van der Waals surface area contributed by atoms with Crippen LogP contribution in [0.5, 0.6) is 0 Å². The Morgan fingerprint density at radius 1 is 1.12 bits per heavy atom. The van der Waals surface area contributed by atoms with Crippen molar-refractivity contribution >= 4 is 37.2 Å². The van der Waals surface area contributed by atoms with Crippen LogP contribution in [0.4, 0.5) is 10.6 Å². The smallest absolute Gasteiger partial charge is 0.412 e. The number of amides is 2. The van der Waals surface area contributed by atoms with Gasteiger partial charge in [0.15, 0.2) is 5.69 Å². The molecule has 13 nitrogen and oxygen atoms in total. The molecule has 1 unspecified atom stereocenters. The maximum atomic E-state index is 12.8. The third kappa shape index (κ3) is 5.97. The molecule has 172 valence electrons. The molecule has 4 rings (SSSR count). The Labute approximate surface area is 187 Å². The molecule has 2 amide bonds. The molecule has 0 aromatic carbocycles. The maximum absolute atomic E-state index is 12.8. The van der Waals surface area contributed by atoms with Crippen molar-refractivity contribution in [2.45, 2.75) is 6.23 Å². The molecule has 0 radical (unpaired) electrons. The number of nitrogens with zero attached hydrogens (tertiary/aromatic N) is 6. The Bertz CT molecular complexity index is 1020. The van der Waals surface area contributed by atoms with Gasteiger partial charge in [-0.3, -0.25) is 9.78 Å². The number of halogens is 1. The van der Waals surface area contributed by atoms with E-state index in [1.54, 1.807) is 17.0 Å². The lowest BCUT2D eigenvalue weighted by atomic mass is 10.3. The first-order chi connectivity index (χ1) is 15.0. The van der Waals surface area contributed by atoms with Crippen molar-refractivity contribution in [2.75, 3.05) is 38.1 Å². The number of pyridine rings is 1. The van der Waals surface area contributed by atoms with Gasteiger partial charge in [0, 0.05) is 44.8 Å². The Kier molecular flexibility index (Phi) is 7.39. The fourth-order valence-corrected chi connectivity index (χ4v) is 3.15. The molecule has 0 spiro atoms. The Hall–Kier alpha value is -2.67. The van der Waals surface area contributed by atoms with E-state index in [4.69, 9.17) is 35.6 Å². The number of phosphoric acid groups is 1. The number of rotatable bonds is 2. The molecule has 2 aliphatic heterocycles. The predicted octanol–water partition coefficient (Wildman–Crippen LogP) is -1.26. The SMILES string of the molecule is CN1CCN(C(=O)OC2c3nccnc3C(=O)N2c2ccc(Cl)cn2)CC1.O=P([O-])([O-])[O-]. The standard InChI is InChI=1S/C17H17ClN6O3.H3O4P/c1-22-6-8-23(9-7-22)17(26)27-16-14-13(19-4-5-20-14)15(25)24(16)12-3-2-11(18)10-21-12;1-5(2,3)4/h2-5,10,16H,6-9H2,1H3;(H3,1,2,3,4)/p-3. The van der Waals surface area contributed by atoms with Gasteiger partial charge in [-0.25, -0.2) is 19.7 Å². The molecule has 1 fully saturated rings. The van der Waals surface area contributed by atoms with Crippen molar-refractivity contribution in [2.24, 2.45) is 0 Å². The third-order valence-corrected chi connectivity index (χ3v) is 4.77. The highest BCUT2D eigenvalue weighted by Gasteiger charge is 2.44. The minimum absolute atomic E-state index is 0.144. The van der Waals surface area contributed by atoms with E-state index >= 15 is 0 Å². The Balaban J connectivity index is 0.000000523. The van der Waals surface area contributed by atoms with Gasteiger partial charge in [-0.2, -0.15) is 7.82 Å². The van der Waals surface area contributed by atoms with Crippen LogP contribution in [0, 0.1) is 0 Å². The van der Waals surface area contributed by atoms with Crippen molar-refractivity contribution in [3.8, 4) is 0 Å². The molecule has 0 bridgehead atoms. The van der Waals surface area contributed by atoms with Gasteiger partial charge in [-0.05, 0) is 19.2 Å². The number of hydrogen-bond donors (Lipinski definition) is 0. The first-order valence-electron chi connectivity index (χ1n) is 9.18. The lowest BCUT2D eigenvalue weighted by molar-refractivity contribution is -0.432. The van der Waals surface area contributed by atoms with Crippen molar-refractivity contribution in [1.29, 1.82) is 0 Å². The number of carbonyl (C=O) groups is 2. The van der Waals surface area contributed by atoms with Crippen LogP contribution in [0.25, 0.3) is 0 Å². The normalized spacial score (nSPS) is 18.7. The summed E-state index contributed by atoms with van der Waals surface area (Å²) >= 11 is 5.89. The summed E-state index contributed by atoms with van der Waals surface area (Å²) in [5.41, 5.74) is 0.437. The Morgan fingerprint density at radius 3 is 2.34 bits per heavy atom. The monoisotopic (exact) mass is 483 g/mol. The summed E-state index contributed by atoms with van der Waals surface area (Å²) in [7, 11) is -3.39. The third-order valence-electron chi connectivity index (χ3n) is 4.55. The lowest BCUT2D eigenvalue weighted by Crippen LogP contribution is -2.48. The van der Waals surface area contributed by atoms with Gasteiger partial charge in [0.2, 0.25) is 6.23 Å². The molecule has 2 aromatic rings. The minimum Gasteiger partial charge on any atom is -0.822 e. The van der Waals surface area contributed by atoms with E-state index in [2.05, 4.69) is 19.9 Å². The molecule has 2 aromatic heterocycles. The molecule has 15 heteroatoms. The first-order valence-corrected chi connectivity index (χ1v) is 11.0. The summed E-state index contributed by atoms with van der Waals surface area (Å²) in [5.74, 6) is -0.121. The van der Waals surface area contributed by atoms with E-state index in [1.165, 1.54) is 23.5 Å². The number of piperazine rings is 1. The highest BCUT2D eigenvalue weighted by Crippen LogP contribution is 2.35. The quantitative estimate of drug-likeness (QED) is 0.465. The number of hydrogen-bond acceptors (Lipinski definition) is 11. The molecular weight excluding hydrogens is 467 g/mol. The van der Waals surface area contributed by atoms with Crippen LogP contribution < -0.4 is 19.6 Å². The van der Waals surface area contributed by atoms with E-state index in [0.717, 1.165) is 13.1 Å². The molecular formula is C17H17ClN6O7P-3. The first kappa shape index (κ1) is 24.0. The largest absolute Gasteiger partial charge is 0.822 e. The number of aromatic nitrogens is 3. The van der Waals surface area contributed by atoms with E-state index in [-0.39, 0.29) is 5.69 Å². The zero-order valence-corrected chi connectivity index (χ0v) is 18.3. The molecule has 1 atom stereocenters. The topological polar surface area (TPSA) is 178 Å². The van der Waals surface area contributed by atoms with Crippen LogP contribution in [-0.2, 0) is 9.30 Å². The lowest BCUT2D eigenvalue weighted by Gasteiger charge is -2.36. The summed E-state index contributed by atoms with van der Waals surface area (Å²) in [6.07, 6.45) is 2.78. The Morgan fingerprint density at radius 2 is 1.75 bits per heavy atom. The van der Waals surface area contributed by atoms with Gasteiger partial charge >= 0.3 is 6.09 Å². The molecule has 0 aliphatic carbocycles. The zero-order valence-electron chi connectivity index (χ0n) is 16.7. The number of likely N-dealkylation sites (N-methyl/N-ethyl adjacent to an activating group) is 1. The number of carbonyl (C=O) groups excluding carboxylic acids is 2. The van der Waals surface area contributed by atoms with Crippen molar-refractivity contribution < 1.29 is 33.6 Å². The van der Waals surface area contributed by atoms with Gasteiger partial charge in [0.05, 0.1) is 5.02 Å². The van der Waals surface area contributed by atoms with Gasteiger partial charge in [-0.15, -0.1) is 0 Å². The second-order valence-corrected chi connectivity index (χ2v) is 8.10. The van der Waals surface area contributed by atoms with Crippen molar-refractivity contribution in [3.63, 3.8) is 0 Å². The predicted molar refractivity (Wildman–Crippen MR) is 104 cm³/mol. The minimum atomic E-state index is -5.39. The van der Waals surface area contributed by atoms with Crippen LogP contribution in [0.3, 0.4) is 0 Å². The fraction of sp³-hybridized carbons (Fsp3) is 0.353. The summed E-state index contributed by atoms with van der Waals surface area (Å²) in [4.78, 5) is 68.7. The zero-order chi connectivity index (χ0) is 23.5. The maximum Gasteiger partial charge on any atom is 0.412 e. The van der Waals surface area contributed by atoms with Crippen LogP contribution in [0.15, 0.2) is 30.7 Å². The van der Waals surface area contributed by atoms with Crippen molar-refractivity contribution in [3.05, 3.63) is 47.1 Å². The van der Waals surface area contributed by atoms with E-state index < -0.39 is 26.1 Å². The second-order valence-electron chi connectivity index (χ2n) is 6.77. The van der Waals surface area contributed by atoms with E-state index in [0.29, 0.717) is 29.6 Å². The molecule has 2 aliphatic rings. The number of ether oxygens (including phenoxy) is 1. The molecule has 0 saturated carbocycles. The van der Waals surface area contributed by atoms with Gasteiger partial charge in [-0.1, -0.05) is 11.6 Å². The summed E-state index contributed by atoms with van der Waals surface area (Å²) in [6, 6.07) is 3.20. The van der Waals surface area contributed by atoms with Gasteiger partial charge in [0.25, 0.3) is 5.91 Å². The summed E-state index contributed by atoms with van der Waals surface area (Å²) in [6.45, 7) is 2.64. The van der Waals surface area contributed by atoms with Crippen LogP contribution in [0.2, 0.25) is 5.02 Å². The van der Waals surface area contributed by atoms with Crippen LogP contribution in [0.1, 0.15) is 22.4 Å². The average molecular weight is 484 g/mol. The van der Waals surface area contributed by atoms with Crippen molar-refractivity contribution in [1.82, 2.24) is 24.8 Å². The van der Waals surface area contributed by atoms with E-state index in [1.807, 2.05) is 7.05 Å². The molecule has 0 N–H and O–H groups in total. The summed E-state index contributed by atoms with van der Waals surface area (Å²) < 4.78 is 14.2. The highest BCUT2D eigenvalue weighted by atomic mass is 35.5. The van der Waals surface area contributed by atoms with Gasteiger partial charge < -0.3 is 33.8 Å². The van der Waals surface area contributed by atoms with Crippen LogP contribution in [-0.4, -0.2) is 70.0 Å². The van der Waals surface area contributed by atoms with E-state index in [9.17, 15) is 9.59 Å². The van der Waals surface area contributed by atoms with Crippen LogP contribution >= 0.6 is 19.4 Å². The highest BCUT2D eigenvalue weighted by molar-refractivity contribution is 7.40. The fourth-order valence-electron chi connectivity index (χ4n) is 3.04. The molecule has 1 saturated heterocycles. The molecule has 4 heterocycles.